The Morgan fingerprint density at radius 3 is 1.70 bits per heavy atom. The number of nitrogens with zero attached hydrogens (tertiary/aromatic N) is 2. The zero-order valence-electron chi connectivity index (χ0n) is 38.9. The predicted molar refractivity (Wildman–Crippen MR) is 258 cm³/mol. The zero-order chi connectivity index (χ0) is 48.1. The molecule has 67 heavy (non-hydrogen) atoms. The van der Waals surface area contributed by atoms with E-state index in [9.17, 15) is 28.8 Å². The minimum Gasteiger partial charge on any atom is -0.368 e. The first kappa shape index (κ1) is 51.6. The van der Waals surface area contributed by atoms with E-state index in [-0.39, 0.29) is 25.2 Å². The quantitative estimate of drug-likeness (QED) is 0.0460. The van der Waals surface area contributed by atoms with Gasteiger partial charge in [0.15, 0.2) is 0 Å². The van der Waals surface area contributed by atoms with Crippen molar-refractivity contribution in [3.63, 3.8) is 0 Å². The average molecular weight is 919 g/mol. The molecule has 0 bridgehead atoms. The van der Waals surface area contributed by atoms with Crippen LogP contribution in [0.4, 0.5) is 0 Å². The molecule has 1 aromatic heterocycles. The van der Waals surface area contributed by atoms with E-state index in [1.165, 1.54) is 0 Å². The SMILES string of the molecule is CC[C@H](C)[C@H](NC(=O)[C@H](CC1CCCCC1)NC(=O)[C@H](Cc1ccccc1)NC(=O)[C@@H](N)CCCN)C(=O)N[C@H](Cc1ccccc1)C(=O)N[C@@H](Cc1cn(Cc2ccccc2)cn1)C(N)=O. The van der Waals surface area contributed by atoms with Gasteiger partial charge < -0.3 is 48.4 Å². The summed E-state index contributed by atoms with van der Waals surface area (Å²) in [5.41, 5.74) is 20.8. The van der Waals surface area contributed by atoms with E-state index >= 15 is 0 Å². The van der Waals surface area contributed by atoms with E-state index in [1.54, 1.807) is 12.5 Å². The van der Waals surface area contributed by atoms with Crippen LogP contribution in [0, 0.1) is 11.8 Å². The summed E-state index contributed by atoms with van der Waals surface area (Å²) in [6.07, 6.45) is 10.2. The summed E-state index contributed by atoms with van der Waals surface area (Å²) >= 11 is 0. The number of hydrogen-bond acceptors (Lipinski definition) is 9. The number of nitrogens with one attached hydrogen (secondary N) is 5. The average Bonchev–Trinajstić information content (AvgIpc) is 3.78. The minimum absolute atomic E-state index is 0.0193. The lowest BCUT2D eigenvalue weighted by molar-refractivity contribution is -0.136. The van der Waals surface area contributed by atoms with Crippen LogP contribution in [0.2, 0.25) is 0 Å². The molecule has 0 spiro atoms. The lowest BCUT2D eigenvalue weighted by Gasteiger charge is -2.31. The standard InChI is InChI=1S/C51H70N10O6/c1-3-34(2)45(60-50(66)44(29-37-21-12-6-13-22-37)58-49(65)42(27-35-17-8-4-9-18-35)57-47(63)40(53)25-16-26-52)51(67)59-43(28-36-19-10-5-11-20-36)48(64)56-41(46(54)62)30-39-32-61(33-55-39)31-38-23-14-7-15-24-38/h4-5,7-11,14-15,17-20,23-24,32-34,37,40-45H,3,6,12-13,16,21-22,25-31,52-53H2,1-2H3,(H2,54,62)(H,56,64)(H,57,63)(H,58,65)(H,59,67)(H,60,66)/t34-,40-,41-,42-,43+,44-,45-/m0/s1. The Bertz CT molecular complexity index is 2180. The Morgan fingerprint density at radius 1 is 0.657 bits per heavy atom. The molecule has 3 aromatic carbocycles. The van der Waals surface area contributed by atoms with Crippen molar-refractivity contribution in [3.8, 4) is 0 Å². The van der Waals surface area contributed by atoms with Crippen molar-refractivity contribution < 1.29 is 28.8 Å². The third-order valence-corrected chi connectivity index (χ3v) is 12.6. The molecule has 1 heterocycles. The van der Waals surface area contributed by atoms with Crippen molar-refractivity contribution in [1.29, 1.82) is 0 Å². The number of carbonyl (C=O) groups is 6. The van der Waals surface area contributed by atoms with E-state index in [2.05, 4.69) is 31.6 Å². The van der Waals surface area contributed by atoms with Crippen LogP contribution in [0.15, 0.2) is 104 Å². The number of carbonyl (C=O) groups excluding carboxylic acids is 6. The summed E-state index contributed by atoms with van der Waals surface area (Å²) in [5, 5.41) is 14.4. The first-order chi connectivity index (χ1) is 32.3. The lowest BCUT2D eigenvalue weighted by atomic mass is 9.84. The molecule has 0 radical (unpaired) electrons. The fourth-order valence-corrected chi connectivity index (χ4v) is 8.44. The van der Waals surface area contributed by atoms with Gasteiger partial charge in [0.25, 0.3) is 0 Å². The molecule has 0 aliphatic heterocycles. The molecule has 4 aromatic rings. The fourth-order valence-electron chi connectivity index (χ4n) is 8.44. The number of primary amides is 1. The van der Waals surface area contributed by atoms with Gasteiger partial charge in [-0.05, 0) is 54.3 Å². The van der Waals surface area contributed by atoms with Gasteiger partial charge in [0.05, 0.1) is 18.1 Å². The molecule has 11 N–H and O–H groups in total. The lowest BCUT2D eigenvalue weighted by Crippen LogP contribution is -2.61. The smallest absolute Gasteiger partial charge is 0.243 e. The van der Waals surface area contributed by atoms with Crippen molar-refractivity contribution >= 4 is 35.4 Å². The first-order valence-corrected chi connectivity index (χ1v) is 23.7. The highest BCUT2D eigenvalue weighted by Crippen LogP contribution is 2.28. The summed E-state index contributed by atoms with van der Waals surface area (Å²) < 4.78 is 1.88. The van der Waals surface area contributed by atoms with Crippen molar-refractivity contribution in [2.45, 2.75) is 134 Å². The molecule has 16 nitrogen and oxygen atoms in total. The molecular weight excluding hydrogens is 849 g/mol. The predicted octanol–water partition coefficient (Wildman–Crippen LogP) is 2.95. The van der Waals surface area contributed by atoms with Crippen molar-refractivity contribution in [2.75, 3.05) is 6.54 Å². The van der Waals surface area contributed by atoms with E-state index in [4.69, 9.17) is 17.2 Å². The summed E-state index contributed by atoms with van der Waals surface area (Å²) in [6.45, 7) is 4.64. The van der Waals surface area contributed by atoms with Crippen LogP contribution in [-0.4, -0.2) is 87.8 Å². The highest BCUT2D eigenvalue weighted by molar-refractivity contribution is 5.97. The maximum absolute atomic E-state index is 14.6. The Balaban J connectivity index is 1.35. The number of amides is 6. The number of hydrogen-bond donors (Lipinski definition) is 8. The van der Waals surface area contributed by atoms with Gasteiger partial charge in [0.2, 0.25) is 35.4 Å². The maximum Gasteiger partial charge on any atom is 0.243 e. The maximum atomic E-state index is 14.6. The fraction of sp³-hybridized carbons (Fsp3) is 0.471. The van der Waals surface area contributed by atoms with Gasteiger partial charge in [-0.15, -0.1) is 0 Å². The van der Waals surface area contributed by atoms with E-state index in [0.29, 0.717) is 44.5 Å². The number of benzene rings is 3. The van der Waals surface area contributed by atoms with Gasteiger partial charge in [-0.1, -0.05) is 143 Å². The molecule has 5 rings (SSSR count). The number of aromatic nitrogens is 2. The van der Waals surface area contributed by atoms with Crippen LogP contribution < -0.4 is 43.8 Å². The topological polar surface area (TPSA) is 258 Å². The van der Waals surface area contributed by atoms with Gasteiger partial charge in [-0.2, -0.15) is 0 Å². The Labute approximate surface area is 394 Å². The summed E-state index contributed by atoms with van der Waals surface area (Å²) in [6, 6.07) is 21.8. The molecule has 6 amide bonds. The Kier molecular flexibility index (Phi) is 20.5. The Morgan fingerprint density at radius 2 is 1.16 bits per heavy atom. The first-order valence-electron chi connectivity index (χ1n) is 23.7. The third kappa shape index (κ3) is 16.8. The molecule has 1 aliphatic carbocycles. The van der Waals surface area contributed by atoms with Crippen molar-refractivity contribution in [1.82, 2.24) is 36.1 Å². The van der Waals surface area contributed by atoms with Gasteiger partial charge in [-0.3, -0.25) is 28.8 Å². The number of rotatable bonds is 26. The third-order valence-electron chi connectivity index (χ3n) is 12.6. The molecule has 1 fully saturated rings. The van der Waals surface area contributed by atoms with E-state index < -0.39 is 77.6 Å². The van der Waals surface area contributed by atoms with Crippen LogP contribution in [0.1, 0.15) is 94.0 Å². The molecule has 1 aliphatic rings. The molecular formula is C51H70N10O6. The molecule has 1 saturated carbocycles. The van der Waals surface area contributed by atoms with Crippen molar-refractivity contribution in [3.05, 3.63) is 126 Å². The summed E-state index contributed by atoms with van der Waals surface area (Å²) in [4.78, 5) is 88.1. The molecule has 0 unspecified atom stereocenters. The highest BCUT2D eigenvalue weighted by atomic mass is 16.2. The van der Waals surface area contributed by atoms with Crippen LogP contribution in [-0.2, 0) is 54.6 Å². The second-order valence-electron chi connectivity index (χ2n) is 17.9. The normalized spacial score (nSPS) is 15.9. The summed E-state index contributed by atoms with van der Waals surface area (Å²) in [7, 11) is 0. The number of imidazole rings is 1. The van der Waals surface area contributed by atoms with Crippen LogP contribution >= 0.6 is 0 Å². The van der Waals surface area contributed by atoms with E-state index in [1.807, 2.05) is 109 Å². The van der Waals surface area contributed by atoms with Crippen LogP contribution in [0.5, 0.6) is 0 Å². The van der Waals surface area contributed by atoms with Gasteiger partial charge in [-0.25, -0.2) is 4.98 Å². The molecule has 16 heteroatoms. The van der Waals surface area contributed by atoms with Crippen LogP contribution in [0.3, 0.4) is 0 Å². The highest BCUT2D eigenvalue weighted by Gasteiger charge is 2.36. The molecule has 0 saturated heterocycles. The second-order valence-corrected chi connectivity index (χ2v) is 17.9. The van der Waals surface area contributed by atoms with Gasteiger partial charge >= 0.3 is 0 Å². The molecule has 7 atom stereocenters. The van der Waals surface area contributed by atoms with Gasteiger partial charge in [0, 0.05) is 32.0 Å². The zero-order valence-corrected chi connectivity index (χ0v) is 38.9. The Hall–Kier alpha value is -6.39. The molecule has 360 valence electrons. The minimum atomic E-state index is -1.17. The summed E-state index contributed by atoms with van der Waals surface area (Å²) in [5.74, 6) is -3.91. The van der Waals surface area contributed by atoms with Gasteiger partial charge in [0.1, 0.15) is 30.2 Å². The number of nitrogens with two attached hydrogens (primary N) is 3. The largest absolute Gasteiger partial charge is 0.368 e. The van der Waals surface area contributed by atoms with E-state index in [0.717, 1.165) is 48.8 Å². The monoisotopic (exact) mass is 919 g/mol. The second kappa shape index (κ2) is 26.7. The van der Waals surface area contributed by atoms with Crippen LogP contribution in [0.25, 0.3) is 0 Å². The van der Waals surface area contributed by atoms with Crippen molar-refractivity contribution in [2.24, 2.45) is 29.0 Å².